The fraction of sp³-hybridized carbons (Fsp3) is 0.581. The van der Waals surface area contributed by atoms with Gasteiger partial charge < -0.3 is 19.6 Å². The summed E-state index contributed by atoms with van der Waals surface area (Å²) in [4.78, 5) is 45.6. The van der Waals surface area contributed by atoms with Crippen LogP contribution in [0.25, 0.3) is 0 Å². The smallest absolute Gasteiger partial charge is 0.310 e. The topological polar surface area (TPSA) is 87.2 Å². The molecule has 0 aromatic heterocycles. The number of aryl methyl sites for hydroxylation is 2. The van der Waals surface area contributed by atoms with Crippen molar-refractivity contribution in [3.63, 3.8) is 0 Å². The number of likely N-dealkylation sites (tertiary alicyclic amines) is 1. The minimum atomic E-state index is -0.659. The van der Waals surface area contributed by atoms with Crippen LogP contribution in [0.4, 0.5) is 5.69 Å². The molecule has 2 bridgehead atoms. The van der Waals surface area contributed by atoms with Gasteiger partial charge >= 0.3 is 5.97 Å². The average molecular weight is 555 g/mol. The molecule has 2 amide bonds. The number of thioether (sulfide) groups is 1. The van der Waals surface area contributed by atoms with Gasteiger partial charge in [-0.25, -0.2) is 0 Å². The van der Waals surface area contributed by atoms with Gasteiger partial charge in [-0.1, -0.05) is 37.1 Å². The van der Waals surface area contributed by atoms with Gasteiger partial charge in [0.05, 0.1) is 23.2 Å². The Labute approximate surface area is 236 Å². The van der Waals surface area contributed by atoms with Crippen LogP contribution in [0.2, 0.25) is 0 Å². The molecule has 39 heavy (non-hydrogen) atoms. The summed E-state index contributed by atoms with van der Waals surface area (Å²) in [6.07, 6.45) is 8.70. The van der Waals surface area contributed by atoms with Gasteiger partial charge in [0.15, 0.2) is 0 Å². The third kappa shape index (κ3) is 5.55. The molecular formula is C31H42N2O5S. The predicted octanol–water partition coefficient (Wildman–Crippen LogP) is 4.59. The Kier molecular flexibility index (Phi) is 9.60. The number of amides is 2. The fourth-order valence-corrected chi connectivity index (χ4v) is 8.82. The number of hydrogen-bond donors (Lipinski definition) is 1. The molecule has 212 valence electrons. The number of aliphatic hydroxyl groups is 1. The van der Waals surface area contributed by atoms with E-state index in [2.05, 4.69) is 13.2 Å². The molecule has 3 heterocycles. The fourth-order valence-electron chi connectivity index (χ4n) is 6.62. The van der Waals surface area contributed by atoms with Gasteiger partial charge in [0.25, 0.3) is 5.91 Å². The quantitative estimate of drug-likeness (QED) is 0.206. The first-order valence-corrected chi connectivity index (χ1v) is 15.0. The first-order chi connectivity index (χ1) is 18.8. The Hall–Kier alpha value is -2.58. The first-order valence-electron chi connectivity index (χ1n) is 14.2. The molecule has 0 saturated carbocycles. The van der Waals surface area contributed by atoms with Crippen molar-refractivity contribution in [2.24, 2.45) is 11.8 Å². The van der Waals surface area contributed by atoms with Crippen LogP contribution in [0.3, 0.4) is 0 Å². The van der Waals surface area contributed by atoms with Crippen molar-refractivity contribution in [2.75, 3.05) is 31.2 Å². The molecule has 0 radical (unpaired) electrons. The van der Waals surface area contributed by atoms with Crippen molar-refractivity contribution in [1.82, 2.24) is 4.90 Å². The third-order valence-electron chi connectivity index (χ3n) is 8.41. The van der Waals surface area contributed by atoms with Gasteiger partial charge in [-0.2, -0.15) is 0 Å². The number of carbonyl (C=O) groups is 3. The second kappa shape index (κ2) is 12.7. The van der Waals surface area contributed by atoms with Crippen molar-refractivity contribution in [1.29, 1.82) is 0 Å². The number of carbonyl (C=O) groups excluding carboxylic acids is 3. The zero-order chi connectivity index (χ0) is 28.2. The summed E-state index contributed by atoms with van der Waals surface area (Å²) in [6.45, 7) is 12.8. The maximum absolute atomic E-state index is 14.6. The Morgan fingerprint density at radius 2 is 1.97 bits per heavy atom. The summed E-state index contributed by atoms with van der Waals surface area (Å²) in [5.41, 5.74) is 2.86. The largest absolute Gasteiger partial charge is 0.465 e. The van der Waals surface area contributed by atoms with Gasteiger partial charge in [0.2, 0.25) is 5.91 Å². The minimum Gasteiger partial charge on any atom is -0.465 e. The minimum absolute atomic E-state index is 0.0225. The molecule has 5 atom stereocenters. The number of unbranched alkanes of at least 4 members (excludes halogenated alkanes) is 3. The monoisotopic (exact) mass is 554 g/mol. The highest BCUT2D eigenvalue weighted by Gasteiger charge is 2.74. The van der Waals surface area contributed by atoms with E-state index in [1.165, 1.54) is 0 Å². The van der Waals surface area contributed by atoms with E-state index in [0.29, 0.717) is 19.5 Å². The Balaban J connectivity index is 1.70. The third-order valence-corrected chi connectivity index (χ3v) is 10.4. The number of rotatable bonds is 14. The van der Waals surface area contributed by atoms with Crippen LogP contribution >= 0.6 is 11.8 Å². The second-order valence-corrected chi connectivity index (χ2v) is 12.6. The van der Waals surface area contributed by atoms with Crippen molar-refractivity contribution >= 4 is 35.2 Å². The van der Waals surface area contributed by atoms with E-state index in [0.717, 1.165) is 55.3 Å². The van der Waals surface area contributed by atoms with Gasteiger partial charge in [0.1, 0.15) is 6.04 Å². The van der Waals surface area contributed by atoms with Crippen LogP contribution in [0.5, 0.6) is 0 Å². The number of anilines is 1. The summed E-state index contributed by atoms with van der Waals surface area (Å²) >= 11 is 1.66. The highest BCUT2D eigenvalue weighted by Crippen LogP contribution is 2.66. The number of aliphatic hydroxyl groups excluding tert-OH is 1. The summed E-state index contributed by atoms with van der Waals surface area (Å²) in [5, 5.41) is 9.14. The summed E-state index contributed by atoms with van der Waals surface area (Å²) < 4.78 is 4.94. The van der Waals surface area contributed by atoms with Crippen LogP contribution in [0, 0.1) is 25.7 Å². The summed E-state index contributed by atoms with van der Waals surface area (Å²) in [6, 6.07) is 5.40. The highest BCUT2D eigenvalue weighted by molar-refractivity contribution is 8.02. The van der Waals surface area contributed by atoms with Gasteiger partial charge in [-0.05, 0) is 63.1 Å². The van der Waals surface area contributed by atoms with E-state index >= 15 is 0 Å². The van der Waals surface area contributed by atoms with Crippen LogP contribution < -0.4 is 4.90 Å². The lowest BCUT2D eigenvalue weighted by molar-refractivity contribution is -0.154. The van der Waals surface area contributed by atoms with Gasteiger partial charge in [-0.3, -0.25) is 14.4 Å². The number of benzene rings is 1. The first kappa shape index (κ1) is 29.4. The highest BCUT2D eigenvalue weighted by atomic mass is 32.2. The van der Waals surface area contributed by atoms with Crippen molar-refractivity contribution < 1.29 is 24.2 Å². The van der Waals surface area contributed by atoms with E-state index in [1.54, 1.807) is 33.7 Å². The molecular weight excluding hydrogens is 512 g/mol. The lowest BCUT2D eigenvalue weighted by Gasteiger charge is -2.37. The summed E-state index contributed by atoms with van der Waals surface area (Å²) in [7, 11) is 0. The molecule has 3 saturated heterocycles. The zero-order valence-electron chi connectivity index (χ0n) is 23.3. The van der Waals surface area contributed by atoms with E-state index in [9.17, 15) is 14.4 Å². The summed E-state index contributed by atoms with van der Waals surface area (Å²) in [5.74, 6) is -1.64. The van der Waals surface area contributed by atoms with E-state index in [-0.39, 0.29) is 36.2 Å². The molecule has 3 aliphatic rings. The molecule has 1 spiro atoms. The van der Waals surface area contributed by atoms with Gasteiger partial charge in [-0.15, -0.1) is 24.9 Å². The standard InChI is InChI=1S/C31H42N2O5S/c1-5-7-19-38-30(37)25-24-14-15-31(39-24)26(25)28(35)33(17-10-8-9-11-18-34)27(31)29(36)32(16-6-2)23-20-21(3)12-13-22(23)4/h5-6,12-13,20,24-27,34H,1-2,7-11,14-19H2,3-4H3/t24-,25+,26-,27?,31?/m0/s1. The maximum atomic E-state index is 14.6. The molecule has 3 fully saturated rings. The molecule has 1 N–H and O–H groups in total. The van der Waals surface area contributed by atoms with E-state index in [1.807, 2.05) is 32.0 Å². The number of ether oxygens (including phenoxy) is 1. The van der Waals surface area contributed by atoms with Gasteiger partial charge in [0, 0.05) is 30.6 Å². The van der Waals surface area contributed by atoms with Crippen molar-refractivity contribution in [3.8, 4) is 0 Å². The van der Waals surface area contributed by atoms with E-state index in [4.69, 9.17) is 9.84 Å². The normalized spacial score (nSPS) is 26.9. The molecule has 4 rings (SSSR count). The lowest BCUT2D eigenvalue weighted by atomic mass is 9.71. The SMILES string of the molecule is C=CCCOC(=O)[C@@H]1[C@@H]2CCC3(S2)C(C(=O)N(CC=C)c2cc(C)ccc2C)N(CCCCCCO)C(=O)[C@H]13. The van der Waals surface area contributed by atoms with Crippen molar-refractivity contribution in [3.05, 3.63) is 54.6 Å². The Morgan fingerprint density at radius 3 is 2.69 bits per heavy atom. The predicted molar refractivity (Wildman–Crippen MR) is 156 cm³/mol. The van der Waals surface area contributed by atoms with Crippen LogP contribution in [0.1, 0.15) is 56.1 Å². The lowest BCUT2D eigenvalue weighted by Crippen LogP contribution is -2.55. The zero-order valence-corrected chi connectivity index (χ0v) is 24.1. The van der Waals surface area contributed by atoms with Crippen LogP contribution in [-0.2, 0) is 19.1 Å². The number of fused-ring (bicyclic) bond motifs is 1. The molecule has 3 aliphatic heterocycles. The van der Waals surface area contributed by atoms with Crippen molar-refractivity contribution in [2.45, 2.75) is 74.8 Å². The molecule has 8 heteroatoms. The van der Waals surface area contributed by atoms with Crippen LogP contribution in [0.15, 0.2) is 43.5 Å². The number of esters is 1. The average Bonchev–Trinajstić information content (AvgIpc) is 3.56. The molecule has 2 unspecified atom stereocenters. The van der Waals surface area contributed by atoms with E-state index < -0.39 is 22.6 Å². The number of nitrogens with zero attached hydrogens (tertiary/aromatic N) is 2. The maximum Gasteiger partial charge on any atom is 0.310 e. The molecule has 1 aromatic rings. The molecule has 7 nitrogen and oxygen atoms in total. The van der Waals surface area contributed by atoms with Crippen LogP contribution in [-0.4, -0.2) is 70.1 Å². The molecule has 0 aliphatic carbocycles. The molecule has 1 aromatic carbocycles. The Morgan fingerprint density at radius 1 is 1.21 bits per heavy atom. The number of hydrogen-bond acceptors (Lipinski definition) is 6. The Bertz CT molecular complexity index is 1110. The second-order valence-electron chi connectivity index (χ2n) is 11.0.